The molecular formula is C22H26O6. The molecule has 0 spiro atoms. The lowest BCUT2D eigenvalue weighted by atomic mass is 10.1. The van der Waals surface area contributed by atoms with Crippen LogP contribution in [-0.4, -0.2) is 22.2 Å². The van der Waals surface area contributed by atoms with Crippen molar-refractivity contribution in [2.24, 2.45) is 0 Å². The molecule has 0 fully saturated rings. The van der Waals surface area contributed by atoms with Gasteiger partial charge in [0.2, 0.25) is 0 Å². The molecule has 2 aromatic carbocycles. The van der Waals surface area contributed by atoms with Gasteiger partial charge in [-0.25, -0.2) is 0 Å². The van der Waals surface area contributed by atoms with Crippen LogP contribution in [0, 0.1) is 0 Å². The summed E-state index contributed by atoms with van der Waals surface area (Å²) in [6.45, 7) is 0. The van der Waals surface area contributed by atoms with Gasteiger partial charge in [-0.3, -0.25) is 9.59 Å². The van der Waals surface area contributed by atoms with Crippen LogP contribution in [0.2, 0.25) is 0 Å². The van der Waals surface area contributed by atoms with Gasteiger partial charge in [0.15, 0.2) is 0 Å². The molecule has 0 atom stereocenters. The van der Waals surface area contributed by atoms with Crippen LogP contribution < -0.4 is 9.47 Å². The highest BCUT2D eigenvalue weighted by Crippen LogP contribution is 2.25. The van der Waals surface area contributed by atoms with E-state index in [-0.39, 0.29) is 18.1 Å². The van der Waals surface area contributed by atoms with E-state index in [9.17, 15) is 14.7 Å². The monoisotopic (exact) mass is 386 g/mol. The molecule has 28 heavy (non-hydrogen) atoms. The maximum absolute atomic E-state index is 11.9. The van der Waals surface area contributed by atoms with Gasteiger partial charge >= 0.3 is 11.9 Å². The number of carboxylic acid groups (broad SMARTS) is 1. The number of aliphatic carboxylic acids is 1. The molecule has 0 aliphatic carbocycles. The fourth-order valence-corrected chi connectivity index (χ4v) is 2.66. The Morgan fingerprint density at radius 1 is 0.679 bits per heavy atom. The van der Waals surface area contributed by atoms with Crippen molar-refractivity contribution in [2.45, 2.75) is 51.4 Å². The van der Waals surface area contributed by atoms with Gasteiger partial charge in [-0.05, 0) is 61.4 Å². The van der Waals surface area contributed by atoms with Gasteiger partial charge in [0.25, 0.3) is 0 Å². The molecule has 2 N–H and O–H groups in total. The van der Waals surface area contributed by atoms with Gasteiger partial charge < -0.3 is 19.7 Å². The third-order valence-electron chi connectivity index (χ3n) is 4.15. The number of esters is 1. The summed E-state index contributed by atoms with van der Waals surface area (Å²) >= 11 is 0. The zero-order chi connectivity index (χ0) is 20.2. The molecule has 2 rings (SSSR count). The highest BCUT2D eigenvalue weighted by atomic mass is 16.5. The van der Waals surface area contributed by atoms with E-state index in [1.165, 1.54) is 0 Å². The maximum atomic E-state index is 11.9. The Kier molecular flexibility index (Phi) is 8.85. The number of carbonyl (C=O) groups excluding carboxylic acids is 1. The molecule has 150 valence electrons. The van der Waals surface area contributed by atoms with Crippen LogP contribution in [0.4, 0.5) is 0 Å². The molecule has 0 aliphatic rings. The van der Waals surface area contributed by atoms with E-state index < -0.39 is 5.97 Å². The van der Waals surface area contributed by atoms with E-state index in [0.717, 1.165) is 32.1 Å². The van der Waals surface area contributed by atoms with Crippen LogP contribution in [-0.2, 0) is 9.59 Å². The number of carbonyl (C=O) groups is 2. The van der Waals surface area contributed by atoms with Gasteiger partial charge in [0.05, 0.1) is 0 Å². The van der Waals surface area contributed by atoms with Crippen molar-refractivity contribution in [1.29, 1.82) is 0 Å². The van der Waals surface area contributed by atoms with Crippen LogP contribution in [0.5, 0.6) is 23.0 Å². The predicted molar refractivity (Wildman–Crippen MR) is 105 cm³/mol. The van der Waals surface area contributed by atoms with E-state index in [1.807, 2.05) is 0 Å². The van der Waals surface area contributed by atoms with Crippen LogP contribution in [0.3, 0.4) is 0 Å². The van der Waals surface area contributed by atoms with Gasteiger partial charge in [-0.1, -0.05) is 25.7 Å². The molecule has 0 aliphatic heterocycles. The third kappa shape index (κ3) is 8.58. The molecule has 0 radical (unpaired) electrons. The van der Waals surface area contributed by atoms with Gasteiger partial charge in [0.1, 0.15) is 23.0 Å². The van der Waals surface area contributed by atoms with Crippen LogP contribution in [0.1, 0.15) is 51.4 Å². The van der Waals surface area contributed by atoms with Crippen molar-refractivity contribution in [3.63, 3.8) is 0 Å². The second kappa shape index (κ2) is 11.6. The highest BCUT2D eigenvalue weighted by Gasteiger charge is 2.06. The smallest absolute Gasteiger partial charge is 0.311 e. The Morgan fingerprint density at radius 2 is 1.14 bits per heavy atom. The summed E-state index contributed by atoms with van der Waals surface area (Å²) in [4.78, 5) is 22.3. The molecule has 0 unspecified atom stereocenters. The largest absolute Gasteiger partial charge is 0.508 e. The first-order valence-corrected chi connectivity index (χ1v) is 9.52. The Morgan fingerprint density at radius 3 is 1.71 bits per heavy atom. The van der Waals surface area contributed by atoms with Crippen LogP contribution in [0.25, 0.3) is 0 Å². The average molecular weight is 386 g/mol. The minimum Gasteiger partial charge on any atom is -0.508 e. The summed E-state index contributed by atoms with van der Waals surface area (Å²) in [5.41, 5.74) is 0. The highest BCUT2D eigenvalue weighted by molar-refractivity contribution is 5.72. The molecular weight excluding hydrogens is 360 g/mol. The molecule has 0 bridgehead atoms. The van der Waals surface area contributed by atoms with Gasteiger partial charge in [-0.2, -0.15) is 0 Å². The second-order valence-corrected chi connectivity index (χ2v) is 6.56. The first-order valence-electron chi connectivity index (χ1n) is 9.52. The number of phenols is 1. The Balaban J connectivity index is 1.61. The number of hydrogen-bond donors (Lipinski definition) is 2. The Hall–Kier alpha value is -3.02. The van der Waals surface area contributed by atoms with E-state index in [1.54, 1.807) is 48.5 Å². The summed E-state index contributed by atoms with van der Waals surface area (Å²) in [5.74, 6) is 0.837. The summed E-state index contributed by atoms with van der Waals surface area (Å²) in [5, 5.41) is 17.8. The van der Waals surface area contributed by atoms with Crippen molar-refractivity contribution in [3.8, 4) is 23.0 Å². The van der Waals surface area contributed by atoms with E-state index in [0.29, 0.717) is 30.1 Å². The molecule has 6 heteroatoms. The lowest BCUT2D eigenvalue weighted by Gasteiger charge is -2.08. The van der Waals surface area contributed by atoms with Gasteiger partial charge in [-0.15, -0.1) is 0 Å². The fraction of sp³-hybridized carbons (Fsp3) is 0.364. The van der Waals surface area contributed by atoms with Crippen molar-refractivity contribution >= 4 is 11.9 Å². The second-order valence-electron chi connectivity index (χ2n) is 6.56. The zero-order valence-corrected chi connectivity index (χ0v) is 15.8. The Bertz CT molecular complexity index is 737. The van der Waals surface area contributed by atoms with E-state index in [4.69, 9.17) is 14.6 Å². The number of aromatic hydroxyl groups is 1. The third-order valence-corrected chi connectivity index (χ3v) is 4.15. The number of benzene rings is 2. The molecule has 2 aromatic rings. The number of rotatable bonds is 12. The number of phenolic OH excluding ortho intramolecular Hbond substituents is 1. The number of ether oxygens (including phenoxy) is 2. The van der Waals surface area contributed by atoms with E-state index in [2.05, 4.69) is 0 Å². The number of carboxylic acids is 1. The van der Waals surface area contributed by atoms with Crippen LogP contribution in [0.15, 0.2) is 48.5 Å². The first-order chi connectivity index (χ1) is 13.5. The average Bonchev–Trinajstić information content (AvgIpc) is 2.67. The standard InChI is InChI=1S/C22H26O6/c23-17-9-11-18(12-10-17)27-19-13-15-20(16-14-19)28-22(26)8-6-4-2-1-3-5-7-21(24)25/h9-16,23H,1-8H2,(H,24,25). The van der Waals surface area contributed by atoms with Crippen molar-refractivity contribution in [2.75, 3.05) is 0 Å². The molecule has 6 nitrogen and oxygen atoms in total. The molecule has 0 amide bonds. The molecule has 0 aromatic heterocycles. The molecule has 0 saturated heterocycles. The molecule has 0 heterocycles. The SMILES string of the molecule is O=C(O)CCCCCCCCC(=O)Oc1ccc(Oc2ccc(O)cc2)cc1. The number of unbranched alkanes of at least 4 members (excludes halogenated alkanes) is 5. The summed E-state index contributed by atoms with van der Waals surface area (Å²) < 4.78 is 11.0. The minimum absolute atomic E-state index is 0.174. The Labute approximate surface area is 164 Å². The first kappa shape index (κ1) is 21.3. The maximum Gasteiger partial charge on any atom is 0.311 e. The summed E-state index contributed by atoms with van der Waals surface area (Å²) in [6, 6.07) is 13.2. The number of hydrogen-bond acceptors (Lipinski definition) is 5. The van der Waals surface area contributed by atoms with Crippen LogP contribution >= 0.6 is 0 Å². The van der Waals surface area contributed by atoms with Crippen molar-refractivity contribution in [1.82, 2.24) is 0 Å². The van der Waals surface area contributed by atoms with Gasteiger partial charge in [0, 0.05) is 12.8 Å². The zero-order valence-electron chi connectivity index (χ0n) is 15.8. The van der Waals surface area contributed by atoms with Crippen molar-refractivity contribution in [3.05, 3.63) is 48.5 Å². The lowest BCUT2D eigenvalue weighted by Crippen LogP contribution is -2.07. The quantitative estimate of drug-likeness (QED) is 0.292. The predicted octanol–water partition coefficient (Wildman–Crippen LogP) is 5.30. The fourth-order valence-electron chi connectivity index (χ4n) is 2.66. The lowest BCUT2D eigenvalue weighted by molar-refractivity contribution is -0.137. The topological polar surface area (TPSA) is 93.1 Å². The summed E-state index contributed by atoms with van der Waals surface area (Å²) in [6.07, 6.45) is 5.90. The van der Waals surface area contributed by atoms with E-state index >= 15 is 0 Å². The van der Waals surface area contributed by atoms with Crippen molar-refractivity contribution < 1.29 is 29.3 Å². The summed E-state index contributed by atoms with van der Waals surface area (Å²) in [7, 11) is 0. The minimum atomic E-state index is -0.748. The molecule has 0 saturated carbocycles. The normalized spacial score (nSPS) is 10.4.